The number of rotatable bonds is 7. The maximum Gasteiger partial charge on any atom is 0.253 e. The van der Waals surface area contributed by atoms with E-state index in [0.717, 1.165) is 71.8 Å². The molecule has 0 radical (unpaired) electrons. The van der Waals surface area contributed by atoms with Crippen LogP contribution in [0.25, 0.3) is 17.1 Å². The molecule has 0 aliphatic carbocycles. The second-order valence-corrected chi connectivity index (χ2v) is 9.88. The van der Waals surface area contributed by atoms with E-state index in [1.165, 1.54) is 5.56 Å². The largest absolute Gasteiger partial charge is 0.336 e. The van der Waals surface area contributed by atoms with Crippen LogP contribution in [0, 0.1) is 6.92 Å². The molecule has 0 atom stereocenters. The summed E-state index contributed by atoms with van der Waals surface area (Å²) in [5.74, 6) is 1.60. The van der Waals surface area contributed by atoms with E-state index in [1.807, 2.05) is 53.6 Å². The fourth-order valence-electron chi connectivity index (χ4n) is 4.39. The average Bonchev–Trinajstić information content (AvgIpc) is 3.36. The predicted molar refractivity (Wildman–Crippen MR) is 143 cm³/mol. The van der Waals surface area contributed by atoms with Crippen LogP contribution in [-0.4, -0.2) is 68.2 Å². The van der Waals surface area contributed by atoms with Crippen molar-refractivity contribution in [2.75, 3.05) is 32.7 Å². The fraction of sp³-hybridized carbons (Fsp3) is 0.286. The van der Waals surface area contributed by atoms with Crippen molar-refractivity contribution >= 4 is 17.7 Å². The normalized spacial score (nSPS) is 14.2. The molecule has 1 fully saturated rings. The number of benzene rings is 2. The van der Waals surface area contributed by atoms with Gasteiger partial charge in [-0.05, 0) is 61.0 Å². The zero-order chi connectivity index (χ0) is 24.9. The molecule has 1 aliphatic heterocycles. The number of amides is 1. The Bertz CT molecular complexity index is 1310. The molecule has 0 saturated carbocycles. The zero-order valence-corrected chi connectivity index (χ0v) is 21.5. The third-order valence-corrected chi connectivity index (χ3v) is 7.49. The summed E-state index contributed by atoms with van der Waals surface area (Å²) >= 11 is 1.63. The lowest BCUT2D eigenvalue weighted by molar-refractivity contribution is 0.0643. The topological polar surface area (TPSA) is 67.2 Å². The van der Waals surface area contributed by atoms with E-state index in [9.17, 15) is 4.79 Å². The van der Waals surface area contributed by atoms with Crippen LogP contribution in [0.1, 0.15) is 28.4 Å². The van der Waals surface area contributed by atoms with Crippen molar-refractivity contribution in [2.24, 2.45) is 0 Å². The molecule has 2 aromatic heterocycles. The Morgan fingerprint density at radius 2 is 1.78 bits per heavy atom. The van der Waals surface area contributed by atoms with Gasteiger partial charge in [-0.25, -0.2) is 0 Å². The lowest BCUT2D eigenvalue weighted by Crippen LogP contribution is -2.48. The van der Waals surface area contributed by atoms with Gasteiger partial charge in [-0.3, -0.25) is 14.3 Å². The average molecular weight is 499 g/mol. The highest BCUT2D eigenvalue weighted by molar-refractivity contribution is 7.98. The number of carbonyl (C=O) groups excluding carboxylic acids is 1. The summed E-state index contributed by atoms with van der Waals surface area (Å²) in [6.07, 6.45) is 3.56. The van der Waals surface area contributed by atoms with E-state index < -0.39 is 0 Å². The first-order valence-corrected chi connectivity index (χ1v) is 13.3. The van der Waals surface area contributed by atoms with Gasteiger partial charge in [-0.15, -0.1) is 10.2 Å². The van der Waals surface area contributed by atoms with Crippen LogP contribution >= 0.6 is 11.8 Å². The molecule has 3 heterocycles. The molecule has 184 valence electrons. The number of piperazine rings is 1. The van der Waals surface area contributed by atoms with Crippen molar-refractivity contribution < 1.29 is 4.79 Å². The highest BCUT2D eigenvalue weighted by atomic mass is 32.2. The molecule has 1 aliphatic rings. The monoisotopic (exact) mass is 498 g/mol. The van der Waals surface area contributed by atoms with Crippen LogP contribution in [0.3, 0.4) is 0 Å². The van der Waals surface area contributed by atoms with Gasteiger partial charge in [0.2, 0.25) is 0 Å². The molecule has 4 aromatic rings. The van der Waals surface area contributed by atoms with Crippen molar-refractivity contribution in [3.63, 3.8) is 0 Å². The van der Waals surface area contributed by atoms with Crippen LogP contribution in [-0.2, 0) is 5.75 Å². The first-order chi connectivity index (χ1) is 17.6. The molecule has 0 spiro atoms. The number of hydrogen-bond donors (Lipinski definition) is 0. The number of nitrogens with zero attached hydrogens (tertiary/aromatic N) is 6. The van der Waals surface area contributed by atoms with E-state index in [2.05, 4.69) is 56.7 Å². The highest BCUT2D eigenvalue weighted by Gasteiger charge is 2.21. The molecule has 1 saturated heterocycles. The predicted octanol–water partition coefficient (Wildman–Crippen LogP) is 4.71. The number of aryl methyl sites for hydroxylation is 1. The molecular weight excluding hydrogens is 468 g/mol. The molecule has 7 nitrogen and oxygen atoms in total. The lowest BCUT2D eigenvalue weighted by Gasteiger charge is -2.34. The molecule has 8 heteroatoms. The highest BCUT2D eigenvalue weighted by Crippen LogP contribution is 2.30. The van der Waals surface area contributed by atoms with E-state index in [1.54, 1.807) is 18.0 Å². The fourth-order valence-corrected chi connectivity index (χ4v) is 5.29. The summed E-state index contributed by atoms with van der Waals surface area (Å²) in [6, 6.07) is 20.2. The van der Waals surface area contributed by atoms with Crippen molar-refractivity contribution in [2.45, 2.75) is 24.8 Å². The van der Waals surface area contributed by atoms with Gasteiger partial charge in [0, 0.05) is 61.1 Å². The Labute approximate surface area is 216 Å². The Morgan fingerprint density at radius 1 is 0.972 bits per heavy atom. The van der Waals surface area contributed by atoms with Gasteiger partial charge < -0.3 is 9.80 Å². The van der Waals surface area contributed by atoms with Crippen molar-refractivity contribution in [1.82, 2.24) is 29.5 Å². The number of likely N-dealkylation sites (N-methyl/N-ethyl adjacent to an activating group) is 1. The molecular formula is C28H30N6OS. The minimum absolute atomic E-state index is 0.116. The van der Waals surface area contributed by atoms with Crippen LogP contribution in [0.4, 0.5) is 0 Å². The van der Waals surface area contributed by atoms with Gasteiger partial charge in [0.15, 0.2) is 11.0 Å². The molecule has 2 aromatic carbocycles. The van der Waals surface area contributed by atoms with Crippen molar-refractivity contribution in [1.29, 1.82) is 0 Å². The number of carbonyl (C=O) groups is 1. The number of pyridine rings is 1. The van der Waals surface area contributed by atoms with Gasteiger partial charge >= 0.3 is 0 Å². The molecule has 0 unspecified atom stereocenters. The summed E-state index contributed by atoms with van der Waals surface area (Å²) in [4.78, 5) is 21.5. The van der Waals surface area contributed by atoms with Crippen LogP contribution in [0.2, 0.25) is 0 Å². The van der Waals surface area contributed by atoms with Gasteiger partial charge in [0.25, 0.3) is 5.91 Å². The summed E-state index contributed by atoms with van der Waals surface area (Å²) in [6.45, 7) is 8.75. The van der Waals surface area contributed by atoms with E-state index in [4.69, 9.17) is 0 Å². The summed E-state index contributed by atoms with van der Waals surface area (Å²) in [5.41, 5.74) is 4.99. The van der Waals surface area contributed by atoms with Crippen molar-refractivity contribution in [3.05, 3.63) is 89.7 Å². The van der Waals surface area contributed by atoms with Gasteiger partial charge in [-0.2, -0.15) is 0 Å². The quantitative estimate of drug-likeness (QED) is 0.344. The van der Waals surface area contributed by atoms with Gasteiger partial charge in [-0.1, -0.05) is 43.0 Å². The molecule has 0 N–H and O–H groups in total. The summed E-state index contributed by atoms with van der Waals surface area (Å²) < 4.78 is 2.09. The Balaban J connectivity index is 1.32. The standard InChI is InChI=1S/C28H30N6OS/c1-3-32-14-16-33(17-15-32)27(35)23-11-9-22(10-12-23)20-36-28-31-30-26(24-7-5-13-29-19-24)34(28)25-8-4-6-21(2)18-25/h4-13,18-19H,3,14-17,20H2,1-2H3. The first kappa shape index (κ1) is 24.2. The van der Waals surface area contributed by atoms with Gasteiger partial charge in [0.1, 0.15) is 0 Å². The maximum absolute atomic E-state index is 12.9. The smallest absolute Gasteiger partial charge is 0.253 e. The SMILES string of the molecule is CCN1CCN(C(=O)c2ccc(CSc3nnc(-c4cccnc4)n3-c3cccc(C)c3)cc2)CC1. The van der Waals surface area contributed by atoms with Crippen LogP contribution in [0.15, 0.2) is 78.2 Å². The molecule has 5 rings (SSSR count). The Morgan fingerprint density at radius 3 is 2.47 bits per heavy atom. The van der Waals surface area contributed by atoms with Crippen LogP contribution < -0.4 is 0 Å². The zero-order valence-electron chi connectivity index (χ0n) is 20.7. The minimum atomic E-state index is 0.116. The Kier molecular flexibility index (Phi) is 7.44. The summed E-state index contributed by atoms with van der Waals surface area (Å²) in [7, 11) is 0. The molecule has 0 bridgehead atoms. The third kappa shape index (κ3) is 5.34. The molecule has 1 amide bonds. The lowest BCUT2D eigenvalue weighted by atomic mass is 10.1. The van der Waals surface area contributed by atoms with Gasteiger partial charge in [0.05, 0.1) is 0 Å². The number of thioether (sulfide) groups is 1. The van der Waals surface area contributed by atoms with Crippen molar-refractivity contribution in [3.8, 4) is 17.1 Å². The second kappa shape index (κ2) is 11.1. The number of aromatic nitrogens is 4. The van der Waals surface area contributed by atoms with E-state index >= 15 is 0 Å². The minimum Gasteiger partial charge on any atom is -0.336 e. The van der Waals surface area contributed by atoms with E-state index in [0.29, 0.717) is 0 Å². The summed E-state index contributed by atoms with van der Waals surface area (Å²) in [5, 5.41) is 9.83. The molecule has 36 heavy (non-hydrogen) atoms. The number of hydrogen-bond acceptors (Lipinski definition) is 6. The maximum atomic E-state index is 12.9. The van der Waals surface area contributed by atoms with Crippen LogP contribution in [0.5, 0.6) is 0 Å². The second-order valence-electron chi connectivity index (χ2n) is 8.93. The Hall–Kier alpha value is -3.49. The third-order valence-electron chi connectivity index (χ3n) is 6.49. The van der Waals surface area contributed by atoms with E-state index in [-0.39, 0.29) is 5.91 Å². The first-order valence-electron chi connectivity index (χ1n) is 12.3.